The van der Waals surface area contributed by atoms with Crippen LogP contribution in [0.5, 0.6) is 11.5 Å². The Bertz CT molecular complexity index is 763. The SMILES string of the molecule is CCOc1cc(C(=O)OCC(=O)Nc2ccccc2Br)ccc1OC. The van der Waals surface area contributed by atoms with Crippen molar-refractivity contribution in [2.24, 2.45) is 0 Å². The van der Waals surface area contributed by atoms with Gasteiger partial charge in [-0.3, -0.25) is 4.79 Å². The van der Waals surface area contributed by atoms with Gasteiger partial charge >= 0.3 is 5.97 Å². The van der Waals surface area contributed by atoms with Gasteiger partial charge in [0.2, 0.25) is 0 Å². The predicted molar refractivity (Wildman–Crippen MR) is 97.2 cm³/mol. The number of carbonyl (C=O) groups is 2. The maximum atomic E-state index is 12.1. The van der Waals surface area contributed by atoms with E-state index in [2.05, 4.69) is 21.2 Å². The number of nitrogens with one attached hydrogen (secondary N) is 1. The second-order valence-electron chi connectivity index (χ2n) is 4.90. The van der Waals surface area contributed by atoms with Gasteiger partial charge in [0.05, 0.1) is 25.0 Å². The van der Waals surface area contributed by atoms with Gasteiger partial charge in [-0.05, 0) is 53.2 Å². The highest BCUT2D eigenvalue weighted by Gasteiger charge is 2.14. The quantitative estimate of drug-likeness (QED) is 0.708. The molecule has 1 amide bonds. The third-order valence-corrected chi connectivity index (χ3v) is 3.87. The molecule has 2 aromatic rings. The first-order valence-corrected chi connectivity index (χ1v) is 8.36. The minimum absolute atomic E-state index is 0.276. The number of carbonyl (C=O) groups excluding carboxylic acids is 2. The number of hydrogen-bond acceptors (Lipinski definition) is 5. The maximum Gasteiger partial charge on any atom is 0.338 e. The number of rotatable bonds is 7. The van der Waals surface area contributed by atoms with E-state index in [1.54, 1.807) is 30.3 Å². The van der Waals surface area contributed by atoms with Gasteiger partial charge in [-0.25, -0.2) is 4.79 Å². The summed E-state index contributed by atoms with van der Waals surface area (Å²) in [5, 5.41) is 2.66. The first-order chi connectivity index (χ1) is 12.0. The van der Waals surface area contributed by atoms with E-state index in [0.29, 0.717) is 23.8 Å². The van der Waals surface area contributed by atoms with E-state index in [9.17, 15) is 9.59 Å². The van der Waals surface area contributed by atoms with Crippen LogP contribution in [0.2, 0.25) is 0 Å². The minimum atomic E-state index is -0.620. The average molecular weight is 408 g/mol. The third-order valence-electron chi connectivity index (χ3n) is 3.18. The van der Waals surface area contributed by atoms with Crippen LogP contribution in [-0.2, 0) is 9.53 Å². The fourth-order valence-electron chi connectivity index (χ4n) is 2.04. The number of esters is 1. The van der Waals surface area contributed by atoms with Gasteiger partial charge in [0, 0.05) is 4.47 Å². The lowest BCUT2D eigenvalue weighted by atomic mass is 10.2. The highest BCUT2D eigenvalue weighted by atomic mass is 79.9. The summed E-state index contributed by atoms with van der Waals surface area (Å²) < 4.78 is 16.4. The molecule has 0 aliphatic carbocycles. The normalized spacial score (nSPS) is 10.0. The summed E-state index contributed by atoms with van der Waals surface area (Å²) in [4.78, 5) is 24.0. The molecule has 2 aromatic carbocycles. The van der Waals surface area contributed by atoms with Crippen LogP contribution in [0.25, 0.3) is 0 Å². The zero-order valence-corrected chi connectivity index (χ0v) is 15.5. The van der Waals surface area contributed by atoms with Crippen LogP contribution < -0.4 is 14.8 Å². The molecule has 0 unspecified atom stereocenters. The molecule has 2 rings (SSSR count). The first kappa shape index (κ1) is 18.8. The summed E-state index contributed by atoms with van der Waals surface area (Å²) in [6.45, 7) is 1.87. The molecule has 0 heterocycles. The van der Waals surface area contributed by atoms with E-state index in [0.717, 1.165) is 4.47 Å². The molecular weight excluding hydrogens is 390 g/mol. The number of benzene rings is 2. The van der Waals surface area contributed by atoms with Crippen LogP contribution in [0, 0.1) is 0 Å². The van der Waals surface area contributed by atoms with Crippen molar-refractivity contribution in [1.82, 2.24) is 0 Å². The Hall–Kier alpha value is -2.54. The zero-order chi connectivity index (χ0) is 18.2. The molecule has 0 aromatic heterocycles. The molecule has 0 saturated heterocycles. The van der Waals surface area contributed by atoms with E-state index in [1.807, 2.05) is 13.0 Å². The second kappa shape index (κ2) is 9.08. The van der Waals surface area contributed by atoms with E-state index >= 15 is 0 Å². The standard InChI is InChI=1S/C18H18BrNO5/c1-3-24-16-10-12(8-9-15(16)23-2)18(22)25-11-17(21)20-14-7-5-4-6-13(14)19/h4-10H,3,11H2,1-2H3,(H,20,21). The molecule has 0 radical (unpaired) electrons. The molecule has 25 heavy (non-hydrogen) atoms. The molecule has 1 N–H and O–H groups in total. The van der Waals surface area contributed by atoms with Crippen LogP contribution in [0.4, 0.5) is 5.69 Å². The molecule has 0 saturated carbocycles. The molecule has 7 heteroatoms. The van der Waals surface area contributed by atoms with Crippen molar-refractivity contribution in [3.05, 3.63) is 52.5 Å². The van der Waals surface area contributed by atoms with Gasteiger partial charge in [-0.2, -0.15) is 0 Å². The van der Waals surface area contributed by atoms with Crippen LogP contribution in [0.3, 0.4) is 0 Å². The highest BCUT2D eigenvalue weighted by Crippen LogP contribution is 2.28. The Morgan fingerprint density at radius 3 is 2.56 bits per heavy atom. The fourth-order valence-corrected chi connectivity index (χ4v) is 2.42. The number of methoxy groups -OCH3 is 1. The van der Waals surface area contributed by atoms with Crippen LogP contribution in [-0.4, -0.2) is 32.2 Å². The third kappa shape index (κ3) is 5.22. The Labute approximate surface area is 154 Å². The number of anilines is 1. The number of para-hydroxylation sites is 1. The predicted octanol–water partition coefficient (Wildman–Crippen LogP) is 3.65. The summed E-state index contributed by atoms with van der Waals surface area (Å²) in [5.74, 6) is -0.0909. The Kier molecular flexibility index (Phi) is 6.82. The molecule has 0 aliphatic rings. The second-order valence-corrected chi connectivity index (χ2v) is 5.76. The molecule has 0 fully saturated rings. The lowest BCUT2D eigenvalue weighted by Crippen LogP contribution is -2.21. The average Bonchev–Trinajstić information content (AvgIpc) is 2.62. The summed E-state index contributed by atoms with van der Waals surface area (Å²) in [6, 6.07) is 11.8. The van der Waals surface area contributed by atoms with E-state index < -0.39 is 18.5 Å². The molecule has 0 bridgehead atoms. The summed E-state index contributed by atoms with van der Waals surface area (Å²) in [7, 11) is 1.52. The number of ether oxygens (including phenoxy) is 3. The Balaban J connectivity index is 1.96. The lowest BCUT2D eigenvalue weighted by Gasteiger charge is -2.11. The number of amides is 1. The van der Waals surface area contributed by atoms with Crippen molar-refractivity contribution in [3.8, 4) is 11.5 Å². The summed E-state index contributed by atoms with van der Waals surface area (Å²) >= 11 is 3.33. The van der Waals surface area contributed by atoms with E-state index in [4.69, 9.17) is 14.2 Å². The van der Waals surface area contributed by atoms with Gasteiger partial charge in [0.1, 0.15) is 0 Å². The van der Waals surface area contributed by atoms with Crippen molar-refractivity contribution in [2.75, 3.05) is 25.6 Å². The van der Waals surface area contributed by atoms with Crippen molar-refractivity contribution in [3.63, 3.8) is 0 Å². The van der Waals surface area contributed by atoms with Gasteiger partial charge in [-0.15, -0.1) is 0 Å². The molecule has 0 aliphatic heterocycles. The van der Waals surface area contributed by atoms with E-state index in [-0.39, 0.29) is 5.56 Å². The molecule has 0 spiro atoms. The Morgan fingerprint density at radius 2 is 1.88 bits per heavy atom. The van der Waals surface area contributed by atoms with Gasteiger partial charge in [0.25, 0.3) is 5.91 Å². The minimum Gasteiger partial charge on any atom is -0.493 e. The topological polar surface area (TPSA) is 73.9 Å². The highest BCUT2D eigenvalue weighted by molar-refractivity contribution is 9.10. The van der Waals surface area contributed by atoms with Gasteiger partial charge < -0.3 is 19.5 Å². The van der Waals surface area contributed by atoms with Crippen LogP contribution in [0.15, 0.2) is 46.9 Å². The molecule has 0 atom stereocenters. The fraction of sp³-hybridized carbons (Fsp3) is 0.222. The zero-order valence-electron chi connectivity index (χ0n) is 13.9. The maximum absolute atomic E-state index is 12.1. The van der Waals surface area contributed by atoms with Crippen molar-refractivity contribution >= 4 is 33.5 Å². The van der Waals surface area contributed by atoms with Crippen LogP contribution in [0.1, 0.15) is 17.3 Å². The smallest absolute Gasteiger partial charge is 0.338 e. The van der Waals surface area contributed by atoms with Crippen molar-refractivity contribution in [2.45, 2.75) is 6.92 Å². The van der Waals surface area contributed by atoms with Crippen molar-refractivity contribution < 1.29 is 23.8 Å². The largest absolute Gasteiger partial charge is 0.493 e. The summed E-state index contributed by atoms with van der Waals surface area (Å²) in [5.41, 5.74) is 0.879. The number of halogens is 1. The monoisotopic (exact) mass is 407 g/mol. The van der Waals surface area contributed by atoms with Crippen molar-refractivity contribution in [1.29, 1.82) is 0 Å². The lowest BCUT2D eigenvalue weighted by molar-refractivity contribution is -0.119. The first-order valence-electron chi connectivity index (χ1n) is 7.57. The number of hydrogen-bond donors (Lipinski definition) is 1. The molecule has 132 valence electrons. The van der Waals surface area contributed by atoms with E-state index in [1.165, 1.54) is 13.2 Å². The van der Waals surface area contributed by atoms with Crippen LogP contribution >= 0.6 is 15.9 Å². The molecule has 6 nitrogen and oxygen atoms in total. The molecular formula is C18H18BrNO5. The summed E-state index contributed by atoms with van der Waals surface area (Å²) in [6.07, 6.45) is 0. The van der Waals surface area contributed by atoms with Gasteiger partial charge in [-0.1, -0.05) is 12.1 Å². The van der Waals surface area contributed by atoms with Gasteiger partial charge in [0.15, 0.2) is 18.1 Å². The Morgan fingerprint density at radius 1 is 1.12 bits per heavy atom.